The van der Waals surface area contributed by atoms with Crippen molar-refractivity contribution < 1.29 is 4.39 Å². The van der Waals surface area contributed by atoms with Crippen LogP contribution in [0.2, 0.25) is 0 Å². The van der Waals surface area contributed by atoms with Gasteiger partial charge in [0.15, 0.2) is 0 Å². The highest BCUT2D eigenvalue weighted by Gasteiger charge is 2.20. The maximum atomic E-state index is 14.1. The molecule has 1 fully saturated rings. The van der Waals surface area contributed by atoms with Gasteiger partial charge in [-0.2, -0.15) is 4.39 Å². The highest BCUT2D eigenvalue weighted by Crippen LogP contribution is 2.20. The maximum Gasteiger partial charge on any atom is 0.251 e. The number of hydrogen-bond donors (Lipinski definition) is 1. The molecule has 140 valence electrons. The number of rotatable bonds is 3. The van der Waals surface area contributed by atoms with Crippen molar-refractivity contribution in [2.24, 2.45) is 0 Å². The molecule has 0 aromatic carbocycles. The third-order valence-electron chi connectivity index (χ3n) is 5.02. The van der Waals surface area contributed by atoms with Crippen LogP contribution in [0.4, 0.5) is 10.1 Å². The van der Waals surface area contributed by atoms with Crippen LogP contribution in [0.25, 0.3) is 11.0 Å². The SMILES string of the molecule is Cc1ccc(N2CCN(Cc3cnc4cc(C)c(=O)[nH]c4c3)CC2)c(F)n1. The molecule has 0 bridgehead atoms. The summed E-state index contributed by atoms with van der Waals surface area (Å²) in [7, 11) is 0. The maximum absolute atomic E-state index is 14.1. The fourth-order valence-corrected chi connectivity index (χ4v) is 3.47. The van der Waals surface area contributed by atoms with E-state index in [-0.39, 0.29) is 5.56 Å². The Balaban J connectivity index is 1.44. The Bertz CT molecular complexity index is 1040. The second-order valence-corrected chi connectivity index (χ2v) is 7.08. The van der Waals surface area contributed by atoms with Gasteiger partial charge in [0, 0.05) is 50.2 Å². The molecule has 0 unspecified atom stereocenters. The Labute approximate surface area is 156 Å². The molecule has 0 aliphatic carbocycles. The number of halogens is 1. The van der Waals surface area contributed by atoms with Gasteiger partial charge in [-0.3, -0.25) is 14.7 Å². The standard InChI is InChI=1S/C20H22FN5O/c1-13-9-16-17(24-20(13)27)10-15(11-22-16)12-25-5-7-26(8-6-25)18-4-3-14(2)23-19(18)21/h3-4,9-11H,5-8,12H2,1-2H3,(H,24,27). The van der Waals surface area contributed by atoms with Crippen molar-refractivity contribution in [2.75, 3.05) is 31.1 Å². The molecule has 1 N–H and O–H groups in total. The molecule has 3 aromatic rings. The van der Waals surface area contributed by atoms with Crippen LogP contribution in [0, 0.1) is 19.8 Å². The second-order valence-electron chi connectivity index (χ2n) is 7.08. The third kappa shape index (κ3) is 3.68. The first-order valence-electron chi connectivity index (χ1n) is 9.08. The summed E-state index contributed by atoms with van der Waals surface area (Å²) in [5, 5.41) is 0. The monoisotopic (exact) mass is 367 g/mol. The van der Waals surface area contributed by atoms with Crippen molar-refractivity contribution in [3.63, 3.8) is 0 Å². The summed E-state index contributed by atoms with van der Waals surface area (Å²) in [4.78, 5) is 27.4. The number of fused-ring (bicyclic) bond motifs is 1. The van der Waals surface area contributed by atoms with Crippen molar-refractivity contribution >= 4 is 16.7 Å². The van der Waals surface area contributed by atoms with Gasteiger partial charge in [0.2, 0.25) is 5.95 Å². The highest BCUT2D eigenvalue weighted by molar-refractivity contribution is 5.74. The average Bonchev–Trinajstić information content (AvgIpc) is 2.64. The summed E-state index contributed by atoms with van der Waals surface area (Å²) >= 11 is 0. The minimum atomic E-state index is -0.401. The zero-order valence-corrected chi connectivity index (χ0v) is 15.5. The molecular formula is C20H22FN5O. The second kappa shape index (κ2) is 7.08. The predicted octanol–water partition coefficient (Wildman–Crippen LogP) is 2.40. The van der Waals surface area contributed by atoms with E-state index in [0.29, 0.717) is 16.9 Å². The van der Waals surface area contributed by atoms with Crippen LogP contribution < -0.4 is 10.5 Å². The molecule has 7 heteroatoms. The van der Waals surface area contributed by atoms with Crippen LogP contribution in [0.15, 0.2) is 35.3 Å². The van der Waals surface area contributed by atoms with Gasteiger partial charge in [0.05, 0.1) is 16.7 Å². The van der Waals surface area contributed by atoms with E-state index < -0.39 is 5.95 Å². The molecule has 0 atom stereocenters. The van der Waals surface area contributed by atoms with Crippen LogP contribution >= 0.6 is 0 Å². The molecule has 0 amide bonds. The normalized spacial score (nSPS) is 15.4. The van der Waals surface area contributed by atoms with Crippen LogP contribution in [0.1, 0.15) is 16.8 Å². The minimum Gasteiger partial charge on any atom is -0.365 e. The number of nitrogens with zero attached hydrogens (tertiary/aromatic N) is 4. The van der Waals surface area contributed by atoms with Crippen molar-refractivity contribution in [3.05, 3.63) is 63.6 Å². The molecule has 0 radical (unpaired) electrons. The van der Waals surface area contributed by atoms with Gasteiger partial charge in [0.25, 0.3) is 5.56 Å². The summed E-state index contributed by atoms with van der Waals surface area (Å²) in [6.45, 7) is 7.47. The summed E-state index contributed by atoms with van der Waals surface area (Å²) in [5.74, 6) is -0.401. The number of piperazine rings is 1. The predicted molar refractivity (Wildman–Crippen MR) is 104 cm³/mol. The van der Waals surface area contributed by atoms with Crippen molar-refractivity contribution in [1.82, 2.24) is 19.9 Å². The number of hydrogen-bond acceptors (Lipinski definition) is 5. The summed E-state index contributed by atoms with van der Waals surface area (Å²) < 4.78 is 14.1. The first kappa shape index (κ1) is 17.6. The fourth-order valence-electron chi connectivity index (χ4n) is 3.47. The van der Waals surface area contributed by atoms with Gasteiger partial charge in [0.1, 0.15) is 0 Å². The van der Waals surface area contributed by atoms with Crippen molar-refractivity contribution in [3.8, 4) is 0 Å². The van der Waals surface area contributed by atoms with Crippen molar-refractivity contribution in [2.45, 2.75) is 20.4 Å². The smallest absolute Gasteiger partial charge is 0.251 e. The lowest BCUT2D eigenvalue weighted by Gasteiger charge is -2.36. The van der Waals surface area contributed by atoms with Crippen LogP contribution in [-0.2, 0) is 6.54 Å². The Morgan fingerprint density at radius 3 is 2.67 bits per heavy atom. The summed E-state index contributed by atoms with van der Waals surface area (Å²) in [5.41, 5.74) is 4.45. The lowest BCUT2D eigenvalue weighted by Crippen LogP contribution is -2.46. The molecule has 0 spiro atoms. The average molecular weight is 367 g/mol. The topological polar surface area (TPSA) is 65.1 Å². The first-order valence-corrected chi connectivity index (χ1v) is 9.08. The van der Waals surface area contributed by atoms with E-state index in [1.807, 2.05) is 23.2 Å². The largest absolute Gasteiger partial charge is 0.365 e. The number of anilines is 1. The van der Waals surface area contributed by atoms with Gasteiger partial charge in [-0.15, -0.1) is 0 Å². The van der Waals surface area contributed by atoms with Gasteiger partial charge < -0.3 is 9.88 Å². The number of aromatic amines is 1. The molecule has 6 nitrogen and oxygen atoms in total. The number of nitrogens with one attached hydrogen (secondary N) is 1. The molecule has 1 aliphatic rings. The molecule has 4 rings (SSSR count). The number of aromatic nitrogens is 3. The van der Waals surface area contributed by atoms with E-state index >= 15 is 0 Å². The van der Waals surface area contributed by atoms with Crippen molar-refractivity contribution in [1.29, 1.82) is 0 Å². The first-order chi connectivity index (χ1) is 13.0. The number of aryl methyl sites for hydroxylation is 2. The van der Waals surface area contributed by atoms with Gasteiger partial charge in [-0.05, 0) is 43.7 Å². The van der Waals surface area contributed by atoms with E-state index in [4.69, 9.17) is 0 Å². The van der Waals surface area contributed by atoms with E-state index in [0.717, 1.165) is 49.3 Å². The lowest BCUT2D eigenvalue weighted by molar-refractivity contribution is 0.249. The molecule has 3 aromatic heterocycles. The van der Waals surface area contributed by atoms with E-state index in [1.165, 1.54) is 0 Å². The lowest BCUT2D eigenvalue weighted by atomic mass is 10.2. The van der Waals surface area contributed by atoms with E-state index in [2.05, 4.69) is 19.9 Å². The minimum absolute atomic E-state index is 0.0798. The quantitative estimate of drug-likeness (QED) is 0.720. The third-order valence-corrected chi connectivity index (χ3v) is 5.02. The molecule has 0 saturated carbocycles. The number of H-pyrrole nitrogens is 1. The fraction of sp³-hybridized carbons (Fsp3) is 0.350. The zero-order chi connectivity index (χ0) is 19.0. The molecule has 1 saturated heterocycles. The van der Waals surface area contributed by atoms with Crippen LogP contribution in [-0.4, -0.2) is 46.0 Å². The molecular weight excluding hydrogens is 345 g/mol. The van der Waals surface area contributed by atoms with E-state index in [1.54, 1.807) is 26.0 Å². The van der Waals surface area contributed by atoms with Crippen LogP contribution in [0.3, 0.4) is 0 Å². The summed E-state index contributed by atoms with van der Waals surface area (Å²) in [6, 6.07) is 7.44. The molecule has 1 aliphatic heterocycles. The Morgan fingerprint density at radius 2 is 1.93 bits per heavy atom. The van der Waals surface area contributed by atoms with Gasteiger partial charge in [-0.1, -0.05) is 0 Å². The number of pyridine rings is 3. The zero-order valence-electron chi connectivity index (χ0n) is 15.5. The van der Waals surface area contributed by atoms with E-state index in [9.17, 15) is 9.18 Å². The van der Waals surface area contributed by atoms with Gasteiger partial charge >= 0.3 is 0 Å². The van der Waals surface area contributed by atoms with Crippen LogP contribution in [0.5, 0.6) is 0 Å². The molecule has 27 heavy (non-hydrogen) atoms. The summed E-state index contributed by atoms with van der Waals surface area (Å²) in [6.07, 6.45) is 1.86. The highest BCUT2D eigenvalue weighted by atomic mass is 19.1. The molecule has 4 heterocycles. The van der Waals surface area contributed by atoms with Gasteiger partial charge in [-0.25, -0.2) is 4.98 Å². The Hall–Kier alpha value is -2.80. The Kier molecular flexibility index (Phi) is 4.61. The Morgan fingerprint density at radius 1 is 1.15 bits per heavy atom.